The van der Waals surface area contributed by atoms with Gasteiger partial charge in [0, 0.05) is 39.7 Å². The normalized spacial score (nSPS) is 20.9. The van der Waals surface area contributed by atoms with Crippen LogP contribution < -0.4 is 0 Å². The molecule has 2 amide bonds. The summed E-state index contributed by atoms with van der Waals surface area (Å²) in [6.45, 7) is 6.32. The maximum Gasteiger partial charge on any atom is 0.257 e. The van der Waals surface area contributed by atoms with Gasteiger partial charge in [-0.25, -0.2) is 0 Å². The molecule has 2 heterocycles. The number of hydrogen-bond acceptors (Lipinski definition) is 5. The minimum Gasteiger partial charge on any atom is -0.472 e. The Kier molecular flexibility index (Phi) is 6.81. The van der Waals surface area contributed by atoms with Crippen LogP contribution in [0.25, 0.3) is 0 Å². The number of rotatable bonds is 7. The van der Waals surface area contributed by atoms with Crippen LogP contribution in [0.15, 0.2) is 23.0 Å². The fraction of sp³-hybridized carbons (Fsp3) is 0.647. The molecule has 1 saturated heterocycles. The number of methoxy groups -OCH3 is 1. The Labute approximate surface area is 142 Å². The van der Waals surface area contributed by atoms with E-state index in [2.05, 4.69) is 0 Å². The van der Waals surface area contributed by atoms with Crippen molar-refractivity contribution in [1.29, 1.82) is 0 Å². The summed E-state index contributed by atoms with van der Waals surface area (Å²) in [6.07, 6.45) is 3.23. The lowest BCUT2D eigenvalue weighted by Crippen LogP contribution is -2.49. The summed E-state index contributed by atoms with van der Waals surface area (Å²) in [5, 5.41) is 0. The summed E-state index contributed by atoms with van der Waals surface area (Å²) in [7, 11) is 1.59. The van der Waals surface area contributed by atoms with Gasteiger partial charge in [-0.05, 0) is 19.9 Å². The second-order valence-corrected chi connectivity index (χ2v) is 6.10. The number of amides is 2. The molecule has 0 spiro atoms. The number of nitrogens with zero attached hydrogens (tertiary/aromatic N) is 2. The van der Waals surface area contributed by atoms with Crippen LogP contribution in [0.1, 0.15) is 30.6 Å². The van der Waals surface area contributed by atoms with Gasteiger partial charge in [-0.15, -0.1) is 0 Å². The van der Waals surface area contributed by atoms with E-state index in [1.807, 2.05) is 18.7 Å². The summed E-state index contributed by atoms with van der Waals surface area (Å²) in [4.78, 5) is 28.4. The average Bonchev–Trinajstić information content (AvgIpc) is 3.07. The molecular weight excluding hydrogens is 312 g/mol. The molecule has 7 nitrogen and oxygen atoms in total. The van der Waals surface area contributed by atoms with Gasteiger partial charge in [0.1, 0.15) is 6.26 Å². The molecule has 1 fully saturated rings. The lowest BCUT2D eigenvalue weighted by molar-refractivity contribution is -0.143. The van der Waals surface area contributed by atoms with E-state index in [4.69, 9.17) is 13.9 Å². The van der Waals surface area contributed by atoms with Gasteiger partial charge in [0.05, 0.1) is 30.6 Å². The molecule has 24 heavy (non-hydrogen) atoms. The smallest absolute Gasteiger partial charge is 0.257 e. The Hall–Kier alpha value is -1.86. The van der Waals surface area contributed by atoms with Crippen molar-refractivity contribution in [3.63, 3.8) is 0 Å². The highest BCUT2D eigenvalue weighted by molar-refractivity contribution is 5.94. The molecule has 0 bridgehead atoms. The minimum atomic E-state index is -0.155. The molecule has 0 radical (unpaired) electrons. The summed E-state index contributed by atoms with van der Waals surface area (Å²) in [5.74, 6) is -0.114. The highest BCUT2D eigenvalue weighted by atomic mass is 16.5. The number of hydrogen-bond donors (Lipinski definition) is 0. The Morgan fingerprint density at radius 2 is 2.00 bits per heavy atom. The fourth-order valence-corrected chi connectivity index (χ4v) is 2.86. The second kappa shape index (κ2) is 8.84. The predicted octanol–water partition coefficient (Wildman–Crippen LogP) is 1.39. The number of carbonyl (C=O) groups excluding carboxylic acids is 2. The molecular formula is C17H26N2O5. The van der Waals surface area contributed by atoms with E-state index >= 15 is 0 Å². The van der Waals surface area contributed by atoms with Crippen LogP contribution in [0.3, 0.4) is 0 Å². The first-order valence-electron chi connectivity index (χ1n) is 8.25. The summed E-state index contributed by atoms with van der Waals surface area (Å²) in [5.41, 5.74) is 0.479. The molecule has 0 aromatic carbocycles. The van der Waals surface area contributed by atoms with Crippen LogP contribution in [0.4, 0.5) is 0 Å². The van der Waals surface area contributed by atoms with Crippen molar-refractivity contribution in [1.82, 2.24) is 9.80 Å². The van der Waals surface area contributed by atoms with E-state index < -0.39 is 0 Å². The van der Waals surface area contributed by atoms with Crippen molar-refractivity contribution < 1.29 is 23.5 Å². The third-order valence-corrected chi connectivity index (χ3v) is 3.99. The number of furan rings is 1. The topological polar surface area (TPSA) is 72.2 Å². The third kappa shape index (κ3) is 5.07. The van der Waals surface area contributed by atoms with Crippen molar-refractivity contribution >= 4 is 11.8 Å². The quantitative estimate of drug-likeness (QED) is 0.751. The van der Waals surface area contributed by atoms with Gasteiger partial charge in [0.2, 0.25) is 5.91 Å². The van der Waals surface area contributed by atoms with E-state index in [1.165, 1.54) is 12.5 Å². The highest BCUT2D eigenvalue weighted by Crippen LogP contribution is 2.13. The molecule has 0 saturated carbocycles. The van der Waals surface area contributed by atoms with Gasteiger partial charge in [0.15, 0.2) is 0 Å². The number of carbonyl (C=O) groups is 2. The van der Waals surface area contributed by atoms with Crippen molar-refractivity contribution in [2.24, 2.45) is 0 Å². The predicted molar refractivity (Wildman–Crippen MR) is 87.7 cm³/mol. The molecule has 1 aliphatic rings. The van der Waals surface area contributed by atoms with Gasteiger partial charge in [-0.1, -0.05) is 0 Å². The molecule has 2 atom stereocenters. The summed E-state index contributed by atoms with van der Waals surface area (Å²) < 4.78 is 15.7. The van der Waals surface area contributed by atoms with Crippen molar-refractivity contribution in [2.75, 3.05) is 39.9 Å². The molecule has 0 N–H and O–H groups in total. The van der Waals surface area contributed by atoms with Crippen LogP contribution in [0, 0.1) is 0 Å². The van der Waals surface area contributed by atoms with E-state index in [0.717, 1.165) is 0 Å². The lowest BCUT2D eigenvalue weighted by Gasteiger charge is -2.35. The maximum absolute atomic E-state index is 12.5. The lowest BCUT2D eigenvalue weighted by atomic mass is 10.2. The van der Waals surface area contributed by atoms with Crippen LogP contribution in [-0.4, -0.2) is 73.7 Å². The van der Waals surface area contributed by atoms with Gasteiger partial charge in [-0.2, -0.15) is 0 Å². The monoisotopic (exact) mass is 338 g/mol. The standard InChI is InChI=1S/C17H26N2O5/c1-13-10-19(11-14(2)24-13)16(20)4-6-18(7-9-22-3)17(21)15-5-8-23-12-15/h5,8,12-14H,4,6-7,9-11H2,1-3H3/t13-,14-/m1/s1. The largest absolute Gasteiger partial charge is 0.472 e. The van der Waals surface area contributed by atoms with Gasteiger partial charge in [-0.3, -0.25) is 9.59 Å². The first-order valence-corrected chi connectivity index (χ1v) is 8.25. The van der Waals surface area contributed by atoms with E-state index in [-0.39, 0.29) is 30.4 Å². The minimum absolute atomic E-state index is 0.0369. The number of morpholine rings is 1. The summed E-state index contributed by atoms with van der Waals surface area (Å²) >= 11 is 0. The number of ether oxygens (including phenoxy) is 2. The summed E-state index contributed by atoms with van der Waals surface area (Å²) in [6, 6.07) is 1.62. The van der Waals surface area contributed by atoms with Crippen LogP contribution in [0.2, 0.25) is 0 Å². The first-order chi connectivity index (χ1) is 11.5. The van der Waals surface area contributed by atoms with Crippen LogP contribution in [-0.2, 0) is 14.3 Å². The maximum atomic E-state index is 12.5. The first kappa shape index (κ1) is 18.5. The van der Waals surface area contributed by atoms with Gasteiger partial charge < -0.3 is 23.7 Å². The van der Waals surface area contributed by atoms with Crippen molar-refractivity contribution in [3.8, 4) is 0 Å². The SMILES string of the molecule is COCCN(CCC(=O)N1C[C@@H](C)O[C@H](C)C1)C(=O)c1ccoc1. The molecule has 1 aliphatic heterocycles. The Balaban J connectivity index is 1.91. The molecule has 0 unspecified atom stereocenters. The molecule has 1 aromatic rings. The Bertz CT molecular complexity index is 521. The Morgan fingerprint density at radius 3 is 2.58 bits per heavy atom. The van der Waals surface area contributed by atoms with Gasteiger partial charge in [0.25, 0.3) is 5.91 Å². The molecule has 7 heteroatoms. The average molecular weight is 338 g/mol. The Morgan fingerprint density at radius 1 is 1.29 bits per heavy atom. The van der Waals surface area contributed by atoms with Crippen LogP contribution in [0.5, 0.6) is 0 Å². The van der Waals surface area contributed by atoms with E-state index in [1.54, 1.807) is 18.1 Å². The third-order valence-electron chi connectivity index (χ3n) is 3.99. The molecule has 2 rings (SSSR count). The molecule has 1 aromatic heterocycles. The zero-order valence-corrected chi connectivity index (χ0v) is 14.6. The molecule has 0 aliphatic carbocycles. The second-order valence-electron chi connectivity index (χ2n) is 6.10. The fourth-order valence-electron chi connectivity index (χ4n) is 2.86. The molecule has 134 valence electrons. The zero-order valence-electron chi connectivity index (χ0n) is 14.6. The van der Waals surface area contributed by atoms with E-state index in [0.29, 0.717) is 38.3 Å². The zero-order chi connectivity index (χ0) is 17.5. The van der Waals surface area contributed by atoms with Crippen molar-refractivity contribution in [3.05, 3.63) is 24.2 Å². The van der Waals surface area contributed by atoms with Crippen molar-refractivity contribution in [2.45, 2.75) is 32.5 Å². The van der Waals surface area contributed by atoms with Crippen LogP contribution >= 0.6 is 0 Å². The van der Waals surface area contributed by atoms with Gasteiger partial charge >= 0.3 is 0 Å². The highest BCUT2D eigenvalue weighted by Gasteiger charge is 2.26. The van der Waals surface area contributed by atoms with E-state index in [9.17, 15) is 9.59 Å².